The highest BCUT2D eigenvalue weighted by molar-refractivity contribution is 7.89. The second-order valence-corrected chi connectivity index (χ2v) is 15.9. The van der Waals surface area contributed by atoms with E-state index in [2.05, 4.69) is 35.1 Å². The summed E-state index contributed by atoms with van der Waals surface area (Å²) in [6, 6.07) is 5.13. The molecule has 0 spiro atoms. The van der Waals surface area contributed by atoms with E-state index in [0.29, 0.717) is 17.0 Å². The molecule has 7 rings (SSSR count). The van der Waals surface area contributed by atoms with Crippen LogP contribution in [0.5, 0.6) is 0 Å². The molecule has 3 atom stereocenters. The van der Waals surface area contributed by atoms with Gasteiger partial charge in [-0.3, -0.25) is 18.8 Å². The summed E-state index contributed by atoms with van der Waals surface area (Å²) in [5.41, 5.74) is 1.08. The molecule has 0 unspecified atom stereocenters. The molecule has 2 aliphatic carbocycles. The zero-order valence-electron chi connectivity index (χ0n) is 30.6. The van der Waals surface area contributed by atoms with Gasteiger partial charge in [-0.2, -0.15) is 13.9 Å². The molecule has 24 heteroatoms. The molecule has 316 valence electrons. The average Bonchev–Trinajstić information content (AvgIpc) is 3.81. The van der Waals surface area contributed by atoms with E-state index in [1.54, 1.807) is 0 Å². The van der Waals surface area contributed by atoms with Crippen molar-refractivity contribution in [1.82, 2.24) is 34.6 Å². The minimum atomic E-state index is -4.25. The Labute approximate surface area is 338 Å². The molecule has 0 bridgehead atoms. The molecule has 0 aliphatic heterocycles. The Balaban J connectivity index is 1.44. The number of fused-ring (bicyclic) bond motifs is 3. The summed E-state index contributed by atoms with van der Waals surface area (Å²) < 4.78 is 145. The summed E-state index contributed by atoms with van der Waals surface area (Å²) in [6.45, 7) is -2.22. The number of rotatable bonds is 14. The lowest BCUT2D eigenvalue weighted by Crippen LogP contribution is -2.38. The van der Waals surface area contributed by atoms with Gasteiger partial charge in [0, 0.05) is 42.4 Å². The Bertz CT molecular complexity index is 2700. The number of sulfonamides is 1. The molecular weight excluding hydrogens is 856 g/mol. The maximum atomic E-state index is 15.4. The molecule has 14 nitrogen and oxygen atoms in total. The standard InChI is InChI=1S/C36H29ClF8N10O4S/c1-60(58,59)53-33(46)28-20(37)3-4-23(29(28)49-13-24(40)41)55-26(57)12-21(34-47-5-2-6-48-34)51-35(55)22(9-15-7-16(38)10-17(39)8-15)50-25(56)14-54-31-27(30(52-54)32(42)43)18-11-19(18)36(31,44)45/h2-8,10,12,18-19,22,24,32,49H,9,11,13-14H2,1H3,(H2,46,53)(H,50,56)/t18-,19+,22-/m0/s1. The summed E-state index contributed by atoms with van der Waals surface area (Å²) in [5, 5.41) is 8.19. The van der Waals surface area contributed by atoms with E-state index in [4.69, 9.17) is 17.3 Å². The maximum Gasteiger partial charge on any atom is 0.293 e. The van der Waals surface area contributed by atoms with Crippen LogP contribution in [0, 0.1) is 17.6 Å². The lowest BCUT2D eigenvalue weighted by Gasteiger charge is -2.25. The van der Waals surface area contributed by atoms with E-state index in [0.717, 1.165) is 34.9 Å². The predicted molar refractivity (Wildman–Crippen MR) is 199 cm³/mol. The third-order valence-corrected chi connectivity index (χ3v) is 10.4. The van der Waals surface area contributed by atoms with Crippen molar-refractivity contribution in [2.45, 2.75) is 50.1 Å². The Morgan fingerprint density at radius 3 is 2.40 bits per heavy atom. The Hall–Kier alpha value is -5.97. The van der Waals surface area contributed by atoms with E-state index in [9.17, 15) is 44.3 Å². The first-order valence-corrected chi connectivity index (χ1v) is 19.8. The van der Waals surface area contributed by atoms with Gasteiger partial charge in [-0.15, -0.1) is 4.40 Å². The van der Waals surface area contributed by atoms with Crippen LogP contribution >= 0.6 is 11.6 Å². The SMILES string of the molecule is CS(=O)(=O)N=C(N)c1c(Cl)ccc(-n2c([C@H](Cc3cc(F)cc(F)c3)NC(=O)Cn3nc(C(F)F)c4c3C(F)(F)[C@@H]3C[C@H]43)nc(-c3ncccn3)cc2=O)c1NCC(F)F. The van der Waals surface area contributed by atoms with Crippen LogP contribution in [0.2, 0.25) is 5.02 Å². The van der Waals surface area contributed by atoms with E-state index >= 15 is 8.78 Å². The molecule has 4 N–H and O–H groups in total. The Morgan fingerprint density at radius 1 is 1.08 bits per heavy atom. The molecular formula is C36H29ClF8N10O4S. The molecule has 1 amide bonds. The molecule has 3 aromatic heterocycles. The van der Waals surface area contributed by atoms with Gasteiger partial charge in [-0.05, 0) is 48.2 Å². The van der Waals surface area contributed by atoms with Crippen LogP contribution in [0.15, 0.2) is 64.1 Å². The summed E-state index contributed by atoms with van der Waals surface area (Å²) in [5.74, 6) is -10.6. The number of aromatic nitrogens is 6. The summed E-state index contributed by atoms with van der Waals surface area (Å²) >= 11 is 6.41. The first-order chi connectivity index (χ1) is 28.2. The van der Waals surface area contributed by atoms with Gasteiger partial charge in [0.25, 0.3) is 34.4 Å². The zero-order chi connectivity index (χ0) is 43.4. The van der Waals surface area contributed by atoms with Crippen LogP contribution in [0.3, 0.4) is 0 Å². The smallest absolute Gasteiger partial charge is 0.293 e. The van der Waals surface area contributed by atoms with E-state index in [1.807, 2.05) is 0 Å². The monoisotopic (exact) mass is 884 g/mol. The number of amidine groups is 1. The molecule has 1 saturated carbocycles. The van der Waals surface area contributed by atoms with Crippen molar-refractivity contribution in [3.8, 4) is 17.2 Å². The number of alkyl halides is 6. The normalized spacial score (nSPS) is 17.4. The number of anilines is 1. The van der Waals surface area contributed by atoms with Gasteiger partial charge in [0.2, 0.25) is 5.91 Å². The average molecular weight is 885 g/mol. The molecule has 1 fully saturated rings. The molecule has 2 aromatic carbocycles. The van der Waals surface area contributed by atoms with Crippen LogP contribution in [-0.2, 0) is 33.7 Å². The van der Waals surface area contributed by atoms with Gasteiger partial charge in [0.1, 0.15) is 46.9 Å². The fourth-order valence-electron chi connectivity index (χ4n) is 7.23. The van der Waals surface area contributed by atoms with E-state index in [1.165, 1.54) is 18.5 Å². The molecule has 0 saturated heterocycles. The minimum Gasteiger partial charge on any atom is -0.382 e. The topological polar surface area (TPSA) is 192 Å². The van der Waals surface area contributed by atoms with Gasteiger partial charge < -0.3 is 16.4 Å². The van der Waals surface area contributed by atoms with Gasteiger partial charge >= 0.3 is 0 Å². The van der Waals surface area contributed by atoms with Crippen molar-refractivity contribution < 1.29 is 48.3 Å². The molecule has 5 aromatic rings. The van der Waals surface area contributed by atoms with Crippen LogP contribution in [0.25, 0.3) is 17.2 Å². The molecule has 3 heterocycles. The number of nitrogens with zero attached hydrogens (tertiary/aromatic N) is 7. The molecule has 2 aliphatic rings. The lowest BCUT2D eigenvalue weighted by atomic mass is 10.0. The van der Waals surface area contributed by atoms with Crippen LogP contribution < -0.4 is 21.9 Å². The number of hydrogen-bond acceptors (Lipinski definition) is 9. The van der Waals surface area contributed by atoms with Crippen molar-refractivity contribution >= 4 is 39.1 Å². The van der Waals surface area contributed by atoms with Gasteiger partial charge in [0.05, 0.1) is 40.8 Å². The number of nitrogens with one attached hydrogen (secondary N) is 2. The van der Waals surface area contributed by atoms with Crippen molar-refractivity contribution in [1.29, 1.82) is 0 Å². The number of nitrogens with two attached hydrogens (primary N) is 1. The highest BCUT2D eigenvalue weighted by atomic mass is 35.5. The second-order valence-electron chi connectivity index (χ2n) is 13.8. The van der Waals surface area contributed by atoms with Crippen LogP contribution in [0.4, 0.5) is 40.8 Å². The third kappa shape index (κ3) is 8.40. The number of carbonyl (C=O) groups is 1. The Morgan fingerprint density at radius 2 is 1.77 bits per heavy atom. The quantitative estimate of drug-likeness (QED) is 0.0739. The zero-order valence-corrected chi connectivity index (χ0v) is 32.1. The van der Waals surface area contributed by atoms with Gasteiger partial charge in [-0.25, -0.2) is 49.7 Å². The van der Waals surface area contributed by atoms with Crippen LogP contribution in [-0.4, -0.2) is 68.7 Å². The van der Waals surface area contributed by atoms with Crippen molar-refractivity contribution in [2.24, 2.45) is 16.0 Å². The maximum absolute atomic E-state index is 15.4. The third-order valence-electron chi connectivity index (χ3n) is 9.54. The summed E-state index contributed by atoms with van der Waals surface area (Å²) in [6.07, 6.45) is -3.73. The van der Waals surface area contributed by atoms with Crippen molar-refractivity contribution in [2.75, 3.05) is 18.1 Å². The number of carbonyl (C=O) groups excluding carboxylic acids is 1. The lowest BCUT2D eigenvalue weighted by molar-refractivity contribution is -0.123. The fraction of sp³-hybridized carbons (Fsp3) is 0.306. The molecule has 0 radical (unpaired) electrons. The number of amides is 1. The molecule has 60 heavy (non-hydrogen) atoms. The minimum absolute atomic E-state index is 0.0547. The largest absolute Gasteiger partial charge is 0.382 e. The van der Waals surface area contributed by atoms with Crippen molar-refractivity contribution in [3.63, 3.8) is 0 Å². The van der Waals surface area contributed by atoms with Gasteiger partial charge in [-0.1, -0.05) is 11.6 Å². The Kier molecular flexibility index (Phi) is 11.2. The first-order valence-electron chi connectivity index (χ1n) is 17.6. The van der Waals surface area contributed by atoms with Crippen LogP contribution in [0.1, 0.15) is 58.7 Å². The predicted octanol–water partition coefficient (Wildman–Crippen LogP) is 5.41. The highest BCUT2D eigenvalue weighted by Crippen LogP contribution is 2.68. The van der Waals surface area contributed by atoms with E-state index in [-0.39, 0.29) is 34.1 Å². The van der Waals surface area contributed by atoms with Crippen molar-refractivity contribution in [3.05, 3.63) is 116 Å². The first kappa shape index (κ1) is 42.2. The second kappa shape index (κ2) is 15.9. The van der Waals surface area contributed by atoms with Gasteiger partial charge in [0.15, 0.2) is 5.82 Å². The summed E-state index contributed by atoms with van der Waals surface area (Å²) in [7, 11) is -4.25. The fourth-order valence-corrected chi connectivity index (χ4v) is 7.93. The van der Waals surface area contributed by atoms with E-state index < -0.39 is 129 Å². The summed E-state index contributed by atoms with van der Waals surface area (Å²) in [4.78, 5) is 41.0. The number of benzene rings is 2. The highest BCUT2D eigenvalue weighted by Gasteiger charge is 2.67. The number of halogens is 9. The number of hydrogen-bond donors (Lipinski definition) is 3.